The fraction of sp³-hybridized carbons (Fsp3) is 0.143. The quantitative estimate of drug-likeness (QED) is 0.574. The summed E-state index contributed by atoms with van der Waals surface area (Å²) < 4.78 is 0.689. The van der Waals surface area contributed by atoms with E-state index in [2.05, 4.69) is 65.5 Å². The largest absolute Gasteiger partial charge is 0.321 e. The van der Waals surface area contributed by atoms with Crippen LogP contribution in [-0.2, 0) is 6.54 Å². The molecule has 0 fully saturated rings. The number of aromatic amines is 1. The first-order valence-electron chi connectivity index (χ1n) is 8.61. The van der Waals surface area contributed by atoms with Crippen LogP contribution in [-0.4, -0.2) is 17.0 Å². The number of nitrogens with one attached hydrogen (secondary N) is 2. The Kier molecular flexibility index (Phi) is 4.65. The number of aromatic nitrogens is 2. The van der Waals surface area contributed by atoms with Gasteiger partial charge in [0.15, 0.2) is 5.82 Å². The first-order chi connectivity index (χ1) is 12.7. The van der Waals surface area contributed by atoms with Crippen molar-refractivity contribution in [1.29, 1.82) is 0 Å². The Morgan fingerprint density at radius 3 is 2.23 bits per heavy atom. The van der Waals surface area contributed by atoms with E-state index >= 15 is 0 Å². The highest BCUT2D eigenvalue weighted by Crippen LogP contribution is 2.19. The van der Waals surface area contributed by atoms with Crippen molar-refractivity contribution in [1.82, 2.24) is 9.97 Å². The maximum atomic E-state index is 12.3. The van der Waals surface area contributed by atoms with Crippen molar-refractivity contribution in [2.24, 2.45) is 0 Å². The maximum Gasteiger partial charge on any atom is 0.269 e. The molecule has 0 saturated heterocycles. The molecule has 0 aliphatic rings. The summed E-state index contributed by atoms with van der Waals surface area (Å²) in [5, 5.41) is 1.91. The van der Waals surface area contributed by atoms with E-state index in [-0.39, 0.29) is 11.6 Å². The van der Waals surface area contributed by atoms with Crippen molar-refractivity contribution < 1.29 is 4.90 Å². The van der Waals surface area contributed by atoms with Crippen LogP contribution in [0, 0.1) is 0 Å². The Morgan fingerprint density at radius 2 is 1.62 bits per heavy atom. The predicted octanol–water partition coefficient (Wildman–Crippen LogP) is 2.79. The molecule has 1 unspecified atom stereocenters. The molecular formula is C21H20N3OS+. The van der Waals surface area contributed by atoms with Gasteiger partial charge in [-0.2, -0.15) is 0 Å². The van der Waals surface area contributed by atoms with Crippen molar-refractivity contribution in [3.63, 3.8) is 0 Å². The minimum Gasteiger partial charge on any atom is -0.321 e. The second kappa shape index (κ2) is 7.23. The number of fused-ring (bicyclic) bond motifs is 1. The second-order valence-electron chi connectivity index (χ2n) is 6.43. The third kappa shape index (κ3) is 3.31. The summed E-state index contributed by atoms with van der Waals surface area (Å²) in [7, 11) is 2.14. The monoisotopic (exact) mass is 362 g/mol. The molecule has 2 heterocycles. The average molecular weight is 362 g/mol. The summed E-state index contributed by atoms with van der Waals surface area (Å²) in [6.07, 6.45) is 0. The van der Waals surface area contributed by atoms with Crippen LogP contribution in [0.1, 0.15) is 23.0 Å². The lowest BCUT2D eigenvalue weighted by Crippen LogP contribution is -3.08. The van der Waals surface area contributed by atoms with Gasteiger partial charge < -0.3 is 9.88 Å². The molecule has 0 radical (unpaired) electrons. The molecule has 26 heavy (non-hydrogen) atoms. The Hall–Kier alpha value is -2.76. The molecule has 0 aliphatic carbocycles. The molecule has 1 atom stereocenters. The van der Waals surface area contributed by atoms with E-state index in [1.807, 2.05) is 23.6 Å². The minimum atomic E-state index is -0.0521. The highest BCUT2D eigenvalue weighted by Gasteiger charge is 2.24. The van der Waals surface area contributed by atoms with Crippen molar-refractivity contribution >= 4 is 21.6 Å². The molecule has 2 N–H and O–H groups in total. The molecule has 2 aromatic carbocycles. The van der Waals surface area contributed by atoms with Gasteiger partial charge in [-0.1, -0.05) is 60.7 Å². The van der Waals surface area contributed by atoms with Gasteiger partial charge in [0.05, 0.1) is 12.6 Å². The highest BCUT2D eigenvalue weighted by atomic mass is 32.1. The molecule has 0 amide bonds. The topological polar surface area (TPSA) is 50.2 Å². The van der Waals surface area contributed by atoms with Crippen LogP contribution in [0.2, 0.25) is 0 Å². The van der Waals surface area contributed by atoms with Gasteiger partial charge in [-0.3, -0.25) is 4.79 Å². The summed E-state index contributed by atoms with van der Waals surface area (Å²) in [6.45, 7) is 0.634. The molecule has 4 aromatic rings. The normalized spacial score (nSPS) is 12.5. The van der Waals surface area contributed by atoms with Crippen LogP contribution in [0.4, 0.5) is 0 Å². The second-order valence-corrected chi connectivity index (χ2v) is 7.34. The molecule has 0 saturated carbocycles. The average Bonchev–Trinajstić information content (AvgIpc) is 3.13. The van der Waals surface area contributed by atoms with Crippen molar-refractivity contribution in [3.05, 3.63) is 99.4 Å². The number of thiophene rings is 1. The van der Waals surface area contributed by atoms with Crippen molar-refractivity contribution in [2.45, 2.75) is 12.6 Å². The molecule has 130 valence electrons. The minimum absolute atomic E-state index is 0.0521. The van der Waals surface area contributed by atoms with Gasteiger partial charge in [-0.15, -0.1) is 11.3 Å². The van der Waals surface area contributed by atoms with E-state index in [4.69, 9.17) is 0 Å². The van der Waals surface area contributed by atoms with Gasteiger partial charge in [-0.05, 0) is 11.4 Å². The summed E-state index contributed by atoms with van der Waals surface area (Å²) >= 11 is 1.43. The first-order valence-corrected chi connectivity index (χ1v) is 9.49. The maximum absolute atomic E-state index is 12.3. The van der Waals surface area contributed by atoms with Crippen LogP contribution in [0.5, 0.6) is 0 Å². The van der Waals surface area contributed by atoms with E-state index in [0.717, 1.165) is 11.3 Å². The number of H-pyrrole nitrogens is 1. The van der Waals surface area contributed by atoms with E-state index in [9.17, 15) is 4.79 Å². The predicted molar refractivity (Wildman–Crippen MR) is 106 cm³/mol. The van der Waals surface area contributed by atoms with Gasteiger partial charge in [0, 0.05) is 11.1 Å². The first kappa shape index (κ1) is 16.7. The number of hydrogen-bond acceptors (Lipinski definition) is 3. The van der Waals surface area contributed by atoms with Crippen LogP contribution in [0.3, 0.4) is 0 Å². The molecule has 2 aromatic heterocycles. The Morgan fingerprint density at radius 1 is 1.00 bits per heavy atom. The Balaban J connectivity index is 1.70. The molecule has 5 heteroatoms. The van der Waals surface area contributed by atoms with E-state index in [0.29, 0.717) is 11.2 Å². The highest BCUT2D eigenvalue weighted by molar-refractivity contribution is 7.17. The van der Waals surface area contributed by atoms with Gasteiger partial charge >= 0.3 is 0 Å². The summed E-state index contributed by atoms with van der Waals surface area (Å²) in [6, 6.07) is 23.0. The third-order valence-electron chi connectivity index (χ3n) is 4.57. The summed E-state index contributed by atoms with van der Waals surface area (Å²) in [5.41, 5.74) is 3.21. The molecule has 0 aliphatic heterocycles. The molecule has 0 bridgehead atoms. The molecule has 4 rings (SSSR count). The fourth-order valence-electron chi connectivity index (χ4n) is 3.42. The zero-order chi connectivity index (χ0) is 17.9. The van der Waals surface area contributed by atoms with Gasteiger partial charge in [0.2, 0.25) is 0 Å². The standard InChI is InChI=1S/C21H19N3OS/c1-24(14-18-22-17-12-13-26-20(17)21(25)23-18)19(15-8-4-2-5-9-15)16-10-6-3-7-11-16/h2-13,19H,14H2,1H3,(H,22,23,25)/p+1. The number of quaternary nitrogens is 1. The molecular weight excluding hydrogens is 342 g/mol. The Labute approximate surface area is 155 Å². The SMILES string of the molecule is C[NH+](Cc1nc2ccsc2c(=O)[nH]1)C(c1ccccc1)c1ccccc1. The smallest absolute Gasteiger partial charge is 0.269 e. The van der Waals surface area contributed by atoms with Crippen molar-refractivity contribution in [3.8, 4) is 0 Å². The fourth-order valence-corrected chi connectivity index (χ4v) is 4.15. The summed E-state index contributed by atoms with van der Waals surface area (Å²) in [4.78, 5) is 21.1. The van der Waals surface area contributed by atoms with E-state index in [1.165, 1.54) is 27.4 Å². The number of rotatable bonds is 5. The van der Waals surface area contributed by atoms with Crippen LogP contribution < -0.4 is 10.5 Å². The molecule has 0 spiro atoms. The zero-order valence-electron chi connectivity index (χ0n) is 14.5. The summed E-state index contributed by atoms with van der Waals surface area (Å²) in [5.74, 6) is 0.718. The number of hydrogen-bond donors (Lipinski definition) is 2. The lowest BCUT2D eigenvalue weighted by atomic mass is 9.97. The lowest BCUT2D eigenvalue weighted by molar-refractivity contribution is -0.920. The van der Waals surface area contributed by atoms with Gasteiger partial charge in [0.1, 0.15) is 17.3 Å². The van der Waals surface area contributed by atoms with Crippen LogP contribution >= 0.6 is 11.3 Å². The third-order valence-corrected chi connectivity index (χ3v) is 5.47. The van der Waals surface area contributed by atoms with Crippen LogP contribution in [0.25, 0.3) is 10.2 Å². The van der Waals surface area contributed by atoms with E-state index in [1.54, 1.807) is 0 Å². The lowest BCUT2D eigenvalue weighted by Gasteiger charge is -2.25. The Bertz CT molecular complexity index is 1020. The van der Waals surface area contributed by atoms with Crippen molar-refractivity contribution in [2.75, 3.05) is 7.05 Å². The zero-order valence-corrected chi connectivity index (χ0v) is 15.3. The van der Waals surface area contributed by atoms with Crippen LogP contribution in [0.15, 0.2) is 76.9 Å². The number of benzene rings is 2. The number of nitrogens with zero attached hydrogens (tertiary/aromatic N) is 1. The van der Waals surface area contributed by atoms with E-state index < -0.39 is 0 Å². The molecule has 4 nitrogen and oxygen atoms in total. The van der Waals surface area contributed by atoms with Gasteiger partial charge in [-0.25, -0.2) is 4.98 Å². The van der Waals surface area contributed by atoms with Gasteiger partial charge in [0.25, 0.3) is 5.56 Å².